The van der Waals surface area contributed by atoms with Crippen molar-refractivity contribution in [3.63, 3.8) is 0 Å². The van der Waals surface area contributed by atoms with E-state index in [0.717, 1.165) is 0 Å². The van der Waals surface area contributed by atoms with Gasteiger partial charge >= 0.3 is 0 Å². The highest BCUT2D eigenvalue weighted by Gasteiger charge is 2.28. The maximum atomic E-state index is 12.2. The molecule has 0 spiro atoms. The molecular formula is C14H15NO4. The second-order valence-electron chi connectivity index (χ2n) is 5.07. The summed E-state index contributed by atoms with van der Waals surface area (Å²) in [6.07, 6.45) is 0.536. The molecule has 19 heavy (non-hydrogen) atoms. The number of benzene rings is 1. The molecule has 0 bridgehead atoms. The Morgan fingerprint density at radius 1 is 1.37 bits per heavy atom. The number of ether oxygens (including phenoxy) is 2. The number of nitrogens with zero attached hydrogens (tertiary/aromatic N) is 1. The molecule has 1 atom stereocenters. The normalized spacial score (nSPS) is 21.0. The summed E-state index contributed by atoms with van der Waals surface area (Å²) in [4.78, 5) is 25.5. The van der Waals surface area contributed by atoms with Crippen LogP contribution in [0.2, 0.25) is 0 Å². The van der Waals surface area contributed by atoms with E-state index in [-0.39, 0.29) is 25.0 Å². The molecule has 1 fully saturated rings. The Bertz CT molecular complexity index is 540. The van der Waals surface area contributed by atoms with Crippen LogP contribution in [0.25, 0.3) is 0 Å². The molecule has 0 aliphatic carbocycles. The van der Waals surface area contributed by atoms with Crippen molar-refractivity contribution in [2.24, 2.45) is 5.92 Å². The van der Waals surface area contributed by atoms with Crippen LogP contribution in [0.1, 0.15) is 23.7 Å². The van der Waals surface area contributed by atoms with Crippen LogP contribution >= 0.6 is 0 Å². The van der Waals surface area contributed by atoms with Crippen molar-refractivity contribution in [2.45, 2.75) is 13.3 Å². The van der Waals surface area contributed by atoms with E-state index in [0.29, 0.717) is 35.9 Å². The third-order valence-electron chi connectivity index (χ3n) is 3.44. The van der Waals surface area contributed by atoms with Crippen LogP contribution in [0.15, 0.2) is 18.2 Å². The van der Waals surface area contributed by atoms with E-state index in [2.05, 4.69) is 0 Å². The lowest BCUT2D eigenvalue weighted by atomic mass is 10.1. The van der Waals surface area contributed by atoms with Crippen LogP contribution in [-0.2, 0) is 4.79 Å². The number of fused-ring (bicyclic) bond motifs is 1. The number of carbonyl (C=O) groups is 2. The zero-order chi connectivity index (χ0) is 13.4. The molecule has 3 rings (SSSR count). The molecule has 2 aliphatic rings. The molecule has 1 unspecified atom stereocenters. The Morgan fingerprint density at radius 2 is 2.16 bits per heavy atom. The van der Waals surface area contributed by atoms with Crippen molar-refractivity contribution < 1.29 is 19.1 Å². The van der Waals surface area contributed by atoms with Crippen molar-refractivity contribution in [1.82, 2.24) is 4.90 Å². The van der Waals surface area contributed by atoms with Gasteiger partial charge in [0, 0.05) is 18.5 Å². The predicted octanol–water partition coefficient (Wildman–Crippen LogP) is 1.47. The van der Waals surface area contributed by atoms with Gasteiger partial charge in [0.25, 0.3) is 0 Å². The van der Waals surface area contributed by atoms with Crippen molar-refractivity contribution in [2.75, 3.05) is 19.9 Å². The van der Waals surface area contributed by atoms with Gasteiger partial charge in [0.15, 0.2) is 17.3 Å². The molecule has 1 saturated heterocycles. The number of amides is 1. The number of hydrogen-bond acceptors (Lipinski definition) is 4. The van der Waals surface area contributed by atoms with Gasteiger partial charge in [0.05, 0.1) is 6.54 Å². The van der Waals surface area contributed by atoms with Gasteiger partial charge in [-0.15, -0.1) is 0 Å². The number of likely N-dealkylation sites (tertiary alicyclic amines) is 1. The van der Waals surface area contributed by atoms with Gasteiger partial charge in [-0.05, 0) is 24.1 Å². The van der Waals surface area contributed by atoms with Gasteiger partial charge in [0.2, 0.25) is 12.7 Å². The van der Waals surface area contributed by atoms with Gasteiger partial charge in [-0.1, -0.05) is 6.92 Å². The molecule has 0 saturated carbocycles. The summed E-state index contributed by atoms with van der Waals surface area (Å²) < 4.78 is 10.4. The van der Waals surface area contributed by atoms with Gasteiger partial charge in [-0.3, -0.25) is 9.59 Å². The van der Waals surface area contributed by atoms with E-state index in [1.54, 1.807) is 23.1 Å². The highest BCUT2D eigenvalue weighted by Crippen LogP contribution is 2.32. The average Bonchev–Trinajstić information content (AvgIpc) is 2.95. The van der Waals surface area contributed by atoms with Crippen LogP contribution < -0.4 is 9.47 Å². The topological polar surface area (TPSA) is 55.8 Å². The van der Waals surface area contributed by atoms with Crippen LogP contribution in [-0.4, -0.2) is 36.5 Å². The maximum Gasteiger partial charge on any atom is 0.231 e. The summed E-state index contributed by atoms with van der Waals surface area (Å²) >= 11 is 0. The first kappa shape index (κ1) is 12.0. The molecule has 1 aromatic rings. The van der Waals surface area contributed by atoms with Gasteiger partial charge in [0.1, 0.15) is 0 Å². The Balaban J connectivity index is 1.72. The van der Waals surface area contributed by atoms with Crippen LogP contribution in [0.3, 0.4) is 0 Å². The number of carbonyl (C=O) groups excluding carboxylic acids is 2. The Kier molecular flexibility index (Phi) is 2.89. The first-order chi connectivity index (χ1) is 9.13. The molecule has 2 heterocycles. The fourth-order valence-electron chi connectivity index (χ4n) is 2.46. The second-order valence-corrected chi connectivity index (χ2v) is 5.07. The fourth-order valence-corrected chi connectivity index (χ4v) is 2.46. The van der Waals surface area contributed by atoms with E-state index in [4.69, 9.17) is 9.47 Å². The standard InChI is InChI=1S/C14H15NO4/c1-9-4-14(17)15(6-9)7-11(16)10-2-3-12-13(5-10)19-8-18-12/h2-3,5,9H,4,6-8H2,1H3. The highest BCUT2D eigenvalue weighted by atomic mass is 16.7. The molecule has 5 nitrogen and oxygen atoms in total. The zero-order valence-electron chi connectivity index (χ0n) is 10.7. The van der Waals surface area contributed by atoms with E-state index in [9.17, 15) is 9.59 Å². The Morgan fingerprint density at radius 3 is 2.89 bits per heavy atom. The van der Waals surface area contributed by atoms with E-state index in [1.807, 2.05) is 6.92 Å². The largest absolute Gasteiger partial charge is 0.454 e. The number of Topliss-reactive ketones (excluding diaryl/α,β-unsaturated/α-hetero) is 1. The molecule has 0 N–H and O–H groups in total. The fraction of sp³-hybridized carbons (Fsp3) is 0.429. The van der Waals surface area contributed by atoms with Crippen molar-refractivity contribution in [3.05, 3.63) is 23.8 Å². The zero-order valence-corrected chi connectivity index (χ0v) is 10.7. The van der Waals surface area contributed by atoms with E-state index >= 15 is 0 Å². The molecule has 100 valence electrons. The van der Waals surface area contributed by atoms with Crippen molar-refractivity contribution in [3.8, 4) is 11.5 Å². The van der Waals surface area contributed by atoms with Crippen LogP contribution in [0, 0.1) is 5.92 Å². The minimum absolute atomic E-state index is 0.0570. The number of ketones is 1. The quantitative estimate of drug-likeness (QED) is 0.773. The van der Waals surface area contributed by atoms with Crippen LogP contribution in [0.5, 0.6) is 11.5 Å². The lowest BCUT2D eigenvalue weighted by molar-refractivity contribution is -0.127. The average molecular weight is 261 g/mol. The number of hydrogen-bond donors (Lipinski definition) is 0. The summed E-state index contributed by atoms with van der Waals surface area (Å²) in [7, 11) is 0. The van der Waals surface area contributed by atoms with Crippen LogP contribution in [0.4, 0.5) is 0 Å². The minimum Gasteiger partial charge on any atom is -0.454 e. The summed E-state index contributed by atoms with van der Waals surface area (Å²) in [6.45, 7) is 3.01. The smallest absolute Gasteiger partial charge is 0.231 e. The summed E-state index contributed by atoms with van der Waals surface area (Å²) in [5.41, 5.74) is 0.552. The minimum atomic E-state index is -0.0687. The van der Waals surface area contributed by atoms with Gasteiger partial charge < -0.3 is 14.4 Å². The first-order valence-corrected chi connectivity index (χ1v) is 6.34. The number of rotatable bonds is 3. The molecule has 1 aromatic carbocycles. The molecule has 0 radical (unpaired) electrons. The Labute approximate surface area is 111 Å². The predicted molar refractivity (Wildman–Crippen MR) is 67.3 cm³/mol. The third kappa shape index (κ3) is 2.28. The molecule has 1 amide bonds. The maximum absolute atomic E-state index is 12.2. The third-order valence-corrected chi connectivity index (χ3v) is 3.44. The molecule has 0 aromatic heterocycles. The van der Waals surface area contributed by atoms with Gasteiger partial charge in [-0.2, -0.15) is 0 Å². The van der Waals surface area contributed by atoms with E-state index < -0.39 is 0 Å². The van der Waals surface area contributed by atoms with Crippen molar-refractivity contribution >= 4 is 11.7 Å². The highest BCUT2D eigenvalue weighted by molar-refractivity contribution is 6.00. The van der Waals surface area contributed by atoms with Crippen molar-refractivity contribution in [1.29, 1.82) is 0 Å². The summed E-state index contributed by atoms with van der Waals surface area (Å²) in [5.74, 6) is 1.56. The van der Waals surface area contributed by atoms with E-state index in [1.165, 1.54) is 0 Å². The summed E-state index contributed by atoms with van der Waals surface area (Å²) in [6, 6.07) is 5.11. The molecule has 2 aliphatic heterocycles. The van der Waals surface area contributed by atoms with Gasteiger partial charge in [-0.25, -0.2) is 0 Å². The SMILES string of the molecule is CC1CC(=O)N(CC(=O)c2ccc3c(c2)OCO3)C1. The first-order valence-electron chi connectivity index (χ1n) is 6.34. The monoisotopic (exact) mass is 261 g/mol. The Hall–Kier alpha value is -2.04. The molecule has 5 heteroatoms. The second kappa shape index (κ2) is 4.57. The molecular weight excluding hydrogens is 246 g/mol. The summed E-state index contributed by atoms with van der Waals surface area (Å²) in [5, 5.41) is 0. The lowest BCUT2D eigenvalue weighted by Crippen LogP contribution is -2.31. The lowest BCUT2D eigenvalue weighted by Gasteiger charge is -2.15.